The smallest absolute Gasteiger partial charge is 0.462 e. The highest BCUT2D eigenvalue weighted by Gasteiger charge is 2.27. The van der Waals surface area contributed by atoms with E-state index in [-0.39, 0.29) is 19.4 Å². The van der Waals surface area contributed by atoms with Crippen LogP contribution in [-0.2, 0) is 32.7 Å². The summed E-state index contributed by atoms with van der Waals surface area (Å²) in [5, 5.41) is 18.3. The largest absolute Gasteiger partial charge is 0.472 e. The lowest BCUT2D eigenvalue weighted by atomic mass is 10.1. The first kappa shape index (κ1) is 51.4. The van der Waals surface area contributed by atoms with Crippen molar-refractivity contribution >= 4 is 19.8 Å². The number of ether oxygens (including phenoxy) is 2. The van der Waals surface area contributed by atoms with Crippen LogP contribution in [0.2, 0.25) is 0 Å². The number of phosphoric acid groups is 1. The fourth-order valence-corrected chi connectivity index (χ4v) is 5.77. The summed E-state index contributed by atoms with van der Waals surface area (Å²) in [6.45, 7) is 2.13. The Balaban J connectivity index is 4.41. The Kier molecular flexibility index (Phi) is 36.8. The van der Waals surface area contributed by atoms with Crippen LogP contribution in [0, 0.1) is 0 Å². The quantitative estimate of drug-likeness (QED) is 0.0241. The molecule has 0 rings (SSSR count). The van der Waals surface area contributed by atoms with Gasteiger partial charge in [-0.2, -0.15) is 0 Å². The molecular weight excluding hydrogens is 707 g/mol. The van der Waals surface area contributed by atoms with Crippen LogP contribution in [-0.4, -0.2) is 65.7 Å². The summed E-state index contributed by atoms with van der Waals surface area (Å²) in [6.07, 6.45) is 43.2. The molecule has 0 aromatic carbocycles. The standard InChI is InChI=1S/C43H73O10P/c1-3-5-7-9-11-13-15-17-18-19-20-21-23-24-26-28-30-32-34-42(46)50-38-41(39-52-54(48,49)51-37-40(45)36-44)53-43(47)35-33-31-29-27-25-22-16-14-12-10-8-6-4-2/h6,8,12-15,18-19,22,25,29,31,40-41,44-45H,3-5,7,9-11,16-17,20-21,23-24,26-28,30,32-39H2,1-2H3,(H,48,49)/b8-6-,14-12-,15-13-,19-18-,25-22-,31-29-. The zero-order chi connectivity index (χ0) is 39.8. The fourth-order valence-electron chi connectivity index (χ4n) is 4.98. The molecule has 0 spiro atoms. The van der Waals surface area contributed by atoms with Crippen LogP contribution < -0.4 is 0 Å². The summed E-state index contributed by atoms with van der Waals surface area (Å²) < 4.78 is 32.5. The number of esters is 2. The highest BCUT2D eigenvalue weighted by Crippen LogP contribution is 2.43. The highest BCUT2D eigenvalue weighted by atomic mass is 31.2. The number of hydrogen-bond acceptors (Lipinski definition) is 9. The lowest BCUT2D eigenvalue weighted by molar-refractivity contribution is -0.161. The van der Waals surface area contributed by atoms with E-state index in [0.29, 0.717) is 12.8 Å². The summed E-state index contributed by atoms with van der Waals surface area (Å²) in [6, 6.07) is 0. The number of hydrogen-bond donors (Lipinski definition) is 3. The Morgan fingerprint density at radius 2 is 1.06 bits per heavy atom. The van der Waals surface area contributed by atoms with Crippen molar-refractivity contribution in [2.24, 2.45) is 0 Å². The second-order valence-electron chi connectivity index (χ2n) is 13.3. The number of carbonyl (C=O) groups is 2. The molecule has 0 aromatic rings. The van der Waals surface area contributed by atoms with E-state index in [1.165, 1.54) is 51.4 Å². The second kappa shape index (κ2) is 38.7. The molecule has 0 radical (unpaired) electrons. The molecule has 10 nitrogen and oxygen atoms in total. The zero-order valence-electron chi connectivity index (χ0n) is 33.4. The van der Waals surface area contributed by atoms with Gasteiger partial charge in [-0.15, -0.1) is 0 Å². The van der Waals surface area contributed by atoms with Gasteiger partial charge in [-0.1, -0.05) is 138 Å². The maximum absolute atomic E-state index is 12.5. The third-order valence-electron chi connectivity index (χ3n) is 8.11. The van der Waals surface area contributed by atoms with E-state index in [9.17, 15) is 24.2 Å². The van der Waals surface area contributed by atoms with Crippen LogP contribution in [0.25, 0.3) is 0 Å². The molecule has 0 amide bonds. The average Bonchev–Trinajstić information content (AvgIpc) is 3.16. The van der Waals surface area contributed by atoms with Gasteiger partial charge in [0.1, 0.15) is 12.7 Å². The van der Waals surface area contributed by atoms with E-state index in [1.54, 1.807) is 0 Å². The predicted molar refractivity (Wildman–Crippen MR) is 219 cm³/mol. The molecule has 0 saturated heterocycles. The maximum Gasteiger partial charge on any atom is 0.472 e. The Bertz CT molecular complexity index is 1130. The predicted octanol–water partition coefficient (Wildman–Crippen LogP) is 10.5. The number of allylic oxidation sites excluding steroid dienone is 12. The number of phosphoric ester groups is 1. The Labute approximate surface area is 327 Å². The van der Waals surface area contributed by atoms with Crippen molar-refractivity contribution in [3.05, 3.63) is 72.9 Å². The van der Waals surface area contributed by atoms with Crippen molar-refractivity contribution in [1.82, 2.24) is 0 Å². The Morgan fingerprint density at radius 1 is 0.574 bits per heavy atom. The van der Waals surface area contributed by atoms with E-state index in [0.717, 1.165) is 57.8 Å². The minimum absolute atomic E-state index is 0.0578. The van der Waals surface area contributed by atoms with Gasteiger partial charge in [0.15, 0.2) is 6.10 Å². The topological polar surface area (TPSA) is 149 Å². The molecule has 54 heavy (non-hydrogen) atoms. The van der Waals surface area contributed by atoms with Crippen LogP contribution in [0.5, 0.6) is 0 Å². The van der Waals surface area contributed by atoms with Gasteiger partial charge in [0.25, 0.3) is 0 Å². The molecule has 0 saturated carbocycles. The first-order chi connectivity index (χ1) is 26.2. The molecule has 3 N–H and O–H groups in total. The Morgan fingerprint density at radius 3 is 1.61 bits per heavy atom. The van der Waals surface area contributed by atoms with Gasteiger partial charge >= 0.3 is 19.8 Å². The van der Waals surface area contributed by atoms with Crippen molar-refractivity contribution in [3.8, 4) is 0 Å². The molecule has 0 aromatic heterocycles. The summed E-state index contributed by atoms with van der Waals surface area (Å²) >= 11 is 0. The summed E-state index contributed by atoms with van der Waals surface area (Å²) in [5.74, 6) is -1.04. The van der Waals surface area contributed by atoms with Gasteiger partial charge in [-0.3, -0.25) is 18.6 Å². The number of aliphatic hydroxyl groups excluding tert-OH is 2. The monoisotopic (exact) mass is 780 g/mol. The van der Waals surface area contributed by atoms with E-state index in [4.69, 9.17) is 19.1 Å². The lowest BCUT2D eigenvalue weighted by Gasteiger charge is -2.20. The molecule has 0 bridgehead atoms. The number of rotatable bonds is 37. The molecule has 3 atom stereocenters. The van der Waals surface area contributed by atoms with Crippen molar-refractivity contribution in [2.45, 2.75) is 161 Å². The number of aliphatic hydroxyl groups is 2. The van der Waals surface area contributed by atoms with Crippen molar-refractivity contribution < 1.29 is 47.8 Å². The van der Waals surface area contributed by atoms with Gasteiger partial charge < -0.3 is 24.6 Å². The van der Waals surface area contributed by atoms with E-state index >= 15 is 0 Å². The number of carbonyl (C=O) groups excluding carboxylic acids is 2. The molecule has 0 aliphatic carbocycles. The minimum Gasteiger partial charge on any atom is -0.462 e. The van der Waals surface area contributed by atoms with Crippen molar-refractivity contribution in [1.29, 1.82) is 0 Å². The molecule has 0 fully saturated rings. The van der Waals surface area contributed by atoms with Crippen LogP contribution >= 0.6 is 7.82 Å². The van der Waals surface area contributed by atoms with Gasteiger partial charge in [-0.05, 0) is 70.6 Å². The minimum atomic E-state index is -4.64. The maximum atomic E-state index is 12.5. The molecule has 0 aliphatic heterocycles. The average molecular weight is 781 g/mol. The summed E-state index contributed by atoms with van der Waals surface area (Å²) in [5.41, 5.74) is 0. The molecule has 3 unspecified atom stereocenters. The molecule has 310 valence electrons. The lowest BCUT2D eigenvalue weighted by Crippen LogP contribution is -2.29. The van der Waals surface area contributed by atoms with Crippen molar-refractivity contribution in [2.75, 3.05) is 26.4 Å². The van der Waals surface area contributed by atoms with E-state index in [1.807, 2.05) is 12.2 Å². The highest BCUT2D eigenvalue weighted by molar-refractivity contribution is 7.47. The normalized spacial score (nSPS) is 14.7. The van der Waals surface area contributed by atoms with Crippen LogP contribution in [0.4, 0.5) is 0 Å². The van der Waals surface area contributed by atoms with Gasteiger partial charge in [-0.25, -0.2) is 4.57 Å². The zero-order valence-corrected chi connectivity index (χ0v) is 34.3. The van der Waals surface area contributed by atoms with Crippen LogP contribution in [0.1, 0.15) is 149 Å². The third kappa shape index (κ3) is 37.7. The molecule has 0 aliphatic rings. The summed E-state index contributed by atoms with van der Waals surface area (Å²) in [7, 11) is -4.64. The van der Waals surface area contributed by atoms with Gasteiger partial charge in [0.2, 0.25) is 0 Å². The van der Waals surface area contributed by atoms with Crippen LogP contribution in [0.15, 0.2) is 72.9 Å². The SMILES string of the molecule is CC/C=C\C/C=C\C/C=C\C/C=C\CCC(=O)OC(COC(=O)CCCCCCCCC/C=C\C/C=C\CCCCCC)COP(=O)(O)OCC(O)CO. The molecular formula is C43H73O10P. The fraction of sp³-hybridized carbons (Fsp3) is 0.674. The first-order valence-corrected chi connectivity index (χ1v) is 21.9. The third-order valence-corrected chi connectivity index (χ3v) is 9.06. The van der Waals surface area contributed by atoms with Gasteiger partial charge in [0, 0.05) is 12.8 Å². The Hall–Kier alpha value is -2.59. The van der Waals surface area contributed by atoms with E-state index < -0.39 is 51.8 Å². The van der Waals surface area contributed by atoms with Crippen molar-refractivity contribution in [3.63, 3.8) is 0 Å². The molecule has 11 heteroatoms. The summed E-state index contributed by atoms with van der Waals surface area (Å²) in [4.78, 5) is 34.9. The number of unbranched alkanes of at least 4 members (excludes halogenated alkanes) is 11. The second-order valence-corrected chi connectivity index (χ2v) is 14.7. The van der Waals surface area contributed by atoms with Crippen LogP contribution in [0.3, 0.4) is 0 Å². The van der Waals surface area contributed by atoms with E-state index in [2.05, 4.69) is 79.1 Å². The molecule has 0 heterocycles. The van der Waals surface area contributed by atoms with Gasteiger partial charge in [0.05, 0.1) is 19.8 Å². The first-order valence-electron chi connectivity index (χ1n) is 20.4.